The molecule has 2 amide bonds. The van der Waals surface area contributed by atoms with Crippen LogP contribution in [-0.2, 0) is 24.2 Å². The van der Waals surface area contributed by atoms with Crippen LogP contribution in [0.5, 0.6) is 0 Å². The quantitative estimate of drug-likeness (QED) is 0.869. The molecule has 0 saturated carbocycles. The van der Waals surface area contributed by atoms with Gasteiger partial charge in [-0.1, -0.05) is 13.8 Å². The second-order valence-electron chi connectivity index (χ2n) is 7.70. The van der Waals surface area contributed by atoms with Gasteiger partial charge in [0.05, 0.1) is 6.04 Å². The molecule has 4 rings (SSSR count). The molecule has 2 aliphatic heterocycles. The number of aromatic nitrogens is 3. The number of carbonyl (C=O) groups excluding carboxylic acids is 2. The number of hydrogen-bond acceptors (Lipinski definition) is 4. The van der Waals surface area contributed by atoms with Gasteiger partial charge in [-0.05, 0) is 48.9 Å². The fraction of sp³-hybridized carbons (Fsp3) is 0.500. The summed E-state index contributed by atoms with van der Waals surface area (Å²) in [7, 11) is 0. The highest BCUT2D eigenvalue weighted by molar-refractivity contribution is 5.97. The molecule has 3 heterocycles. The molecular formula is C20H25N5O2. The largest absolute Gasteiger partial charge is 0.342 e. The highest BCUT2D eigenvalue weighted by Crippen LogP contribution is 2.26. The zero-order valence-corrected chi connectivity index (χ0v) is 15.8. The maximum atomic E-state index is 12.9. The maximum absolute atomic E-state index is 12.9. The number of nitrogens with zero attached hydrogens (tertiary/aromatic N) is 3. The van der Waals surface area contributed by atoms with Gasteiger partial charge in [-0.25, -0.2) is 0 Å². The molecule has 0 bridgehead atoms. The third kappa shape index (κ3) is 3.46. The normalized spacial score (nSPS) is 17.1. The smallest absolute Gasteiger partial charge is 0.251 e. The van der Waals surface area contributed by atoms with E-state index in [1.165, 1.54) is 0 Å². The van der Waals surface area contributed by atoms with Gasteiger partial charge in [-0.15, -0.1) is 10.2 Å². The molecule has 0 fully saturated rings. The van der Waals surface area contributed by atoms with Gasteiger partial charge < -0.3 is 15.2 Å². The van der Waals surface area contributed by atoms with Gasteiger partial charge >= 0.3 is 0 Å². The SMILES string of the molecule is CC(C)[C@H](NC(=O)c1ccc2c(c1)CCCC(=O)N2)c1nnc2n1CCC2. The first-order valence-corrected chi connectivity index (χ1v) is 9.68. The molecule has 1 aromatic heterocycles. The molecule has 142 valence electrons. The van der Waals surface area contributed by atoms with E-state index in [0.29, 0.717) is 12.0 Å². The van der Waals surface area contributed by atoms with Crippen molar-refractivity contribution in [1.82, 2.24) is 20.1 Å². The lowest BCUT2D eigenvalue weighted by molar-refractivity contribution is -0.116. The molecule has 7 nitrogen and oxygen atoms in total. The van der Waals surface area contributed by atoms with Crippen molar-refractivity contribution >= 4 is 17.5 Å². The third-order valence-electron chi connectivity index (χ3n) is 5.36. The highest BCUT2D eigenvalue weighted by Gasteiger charge is 2.28. The predicted octanol–water partition coefficient (Wildman–Crippen LogP) is 2.63. The Hall–Kier alpha value is -2.70. The summed E-state index contributed by atoms with van der Waals surface area (Å²) in [5, 5.41) is 14.7. The summed E-state index contributed by atoms with van der Waals surface area (Å²) >= 11 is 0. The first-order chi connectivity index (χ1) is 13.0. The Morgan fingerprint density at radius 2 is 2.04 bits per heavy atom. The Bertz CT molecular complexity index is 886. The van der Waals surface area contributed by atoms with Crippen molar-refractivity contribution in [1.29, 1.82) is 0 Å². The molecule has 2 N–H and O–H groups in total. The molecule has 0 radical (unpaired) electrons. The number of fused-ring (bicyclic) bond motifs is 2. The third-order valence-corrected chi connectivity index (χ3v) is 5.36. The van der Waals surface area contributed by atoms with E-state index in [1.807, 2.05) is 12.1 Å². The van der Waals surface area contributed by atoms with E-state index in [9.17, 15) is 9.59 Å². The molecule has 0 aliphatic carbocycles. The number of hydrogen-bond donors (Lipinski definition) is 2. The molecule has 0 unspecified atom stereocenters. The summed E-state index contributed by atoms with van der Waals surface area (Å²) < 4.78 is 2.14. The molecule has 27 heavy (non-hydrogen) atoms. The zero-order valence-electron chi connectivity index (χ0n) is 15.8. The molecule has 1 atom stereocenters. The van der Waals surface area contributed by atoms with Gasteiger partial charge in [-0.2, -0.15) is 0 Å². The second-order valence-corrected chi connectivity index (χ2v) is 7.70. The standard InChI is InChI=1S/C20H25N5O2/c1-12(2)18(19-24-23-16-6-4-10-25(16)19)22-20(27)14-8-9-15-13(11-14)5-3-7-17(26)21-15/h8-9,11-12,18H,3-7,10H2,1-2H3,(H,21,26)(H,22,27)/t18-/m0/s1. The van der Waals surface area contributed by atoms with Gasteiger partial charge in [0, 0.05) is 30.6 Å². The van der Waals surface area contributed by atoms with Gasteiger partial charge in [0.1, 0.15) is 5.82 Å². The number of nitrogens with one attached hydrogen (secondary N) is 2. The Morgan fingerprint density at radius 3 is 2.85 bits per heavy atom. The van der Waals surface area contributed by atoms with Crippen molar-refractivity contribution in [2.75, 3.05) is 5.32 Å². The number of amides is 2. The van der Waals surface area contributed by atoms with Crippen LogP contribution < -0.4 is 10.6 Å². The Morgan fingerprint density at radius 1 is 1.19 bits per heavy atom. The first kappa shape index (κ1) is 17.7. The van der Waals surface area contributed by atoms with Gasteiger partial charge in [0.2, 0.25) is 5.91 Å². The van der Waals surface area contributed by atoms with Crippen LogP contribution in [-0.4, -0.2) is 26.6 Å². The summed E-state index contributed by atoms with van der Waals surface area (Å²) in [4.78, 5) is 24.6. The molecule has 7 heteroatoms. The molecular weight excluding hydrogens is 342 g/mol. The number of carbonyl (C=O) groups is 2. The van der Waals surface area contributed by atoms with Crippen molar-refractivity contribution in [2.24, 2.45) is 5.92 Å². The summed E-state index contributed by atoms with van der Waals surface area (Å²) in [6.07, 6.45) is 4.13. The molecule has 0 saturated heterocycles. The van der Waals surface area contributed by atoms with Gasteiger partial charge in [0.25, 0.3) is 5.91 Å². The highest BCUT2D eigenvalue weighted by atomic mass is 16.2. The van der Waals surface area contributed by atoms with E-state index < -0.39 is 0 Å². The van der Waals surface area contributed by atoms with Crippen molar-refractivity contribution in [2.45, 2.75) is 58.5 Å². The monoisotopic (exact) mass is 367 g/mol. The van der Waals surface area contributed by atoms with Gasteiger partial charge in [0.15, 0.2) is 5.82 Å². The summed E-state index contributed by atoms with van der Waals surface area (Å²) in [6.45, 7) is 5.07. The number of rotatable bonds is 4. The molecule has 2 aromatic rings. The lowest BCUT2D eigenvalue weighted by Gasteiger charge is -2.22. The number of anilines is 1. The summed E-state index contributed by atoms with van der Waals surface area (Å²) in [5.74, 6) is 1.95. The van der Waals surface area contributed by atoms with Crippen LogP contribution >= 0.6 is 0 Å². The molecule has 0 spiro atoms. The average molecular weight is 367 g/mol. The second kappa shape index (κ2) is 7.13. The Kier molecular flexibility index (Phi) is 4.68. The van der Waals surface area contributed by atoms with Crippen LogP contribution in [0, 0.1) is 5.92 Å². The van der Waals surface area contributed by atoms with Crippen LogP contribution in [0.25, 0.3) is 0 Å². The van der Waals surface area contributed by atoms with Crippen LogP contribution in [0.2, 0.25) is 0 Å². The van der Waals surface area contributed by atoms with E-state index in [-0.39, 0.29) is 23.8 Å². The van der Waals surface area contributed by atoms with Crippen molar-refractivity contribution in [3.63, 3.8) is 0 Å². The summed E-state index contributed by atoms with van der Waals surface area (Å²) in [6, 6.07) is 5.30. The zero-order chi connectivity index (χ0) is 19.0. The lowest BCUT2D eigenvalue weighted by Crippen LogP contribution is -2.33. The fourth-order valence-electron chi connectivity index (χ4n) is 3.87. The topological polar surface area (TPSA) is 88.9 Å². The molecule has 1 aromatic carbocycles. The number of benzene rings is 1. The predicted molar refractivity (Wildman–Crippen MR) is 101 cm³/mol. The van der Waals surface area contributed by atoms with E-state index in [2.05, 4.69) is 39.2 Å². The Labute approximate surface area is 158 Å². The van der Waals surface area contributed by atoms with Crippen LogP contribution in [0.3, 0.4) is 0 Å². The Balaban J connectivity index is 1.57. The van der Waals surface area contributed by atoms with E-state index >= 15 is 0 Å². The minimum atomic E-state index is -0.185. The average Bonchev–Trinajstić information content (AvgIpc) is 3.19. The van der Waals surface area contributed by atoms with Crippen LogP contribution in [0.15, 0.2) is 18.2 Å². The van der Waals surface area contributed by atoms with E-state index in [0.717, 1.165) is 55.1 Å². The van der Waals surface area contributed by atoms with Crippen molar-refractivity contribution in [3.05, 3.63) is 41.0 Å². The van der Waals surface area contributed by atoms with E-state index in [4.69, 9.17) is 0 Å². The maximum Gasteiger partial charge on any atom is 0.251 e. The lowest BCUT2D eigenvalue weighted by atomic mass is 10.0. The van der Waals surface area contributed by atoms with Crippen molar-refractivity contribution in [3.8, 4) is 0 Å². The molecule has 2 aliphatic rings. The van der Waals surface area contributed by atoms with E-state index in [1.54, 1.807) is 6.07 Å². The van der Waals surface area contributed by atoms with Crippen LogP contribution in [0.1, 0.15) is 66.7 Å². The minimum absolute atomic E-state index is 0.0338. The fourth-order valence-corrected chi connectivity index (χ4v) is 3.87. The first-order valence-electron chi connectivity index (χ1n) is 9.68. The van der Waals surface area contributed by atoms with Gasteiger partial charge in [-0.3, -0.25) is 9.59 Å². The summed E-state index contributed by atoms with van der Waals surface area (Å²) in [5.41, 5.74) is 2.43. The van der Waals surface area contributed by atoms with Crippen molar-refractivity contribution < 1.29 is 9.59 Å². The minimum Gasteiger partial charge on any atom is -0.342 e. The van der Waals surface area contributed by atoms with Crippen LogP contribution in [0.4, 0.5) is 5.69 Å². The number of aryl methyl sites for hydroxylation is 2.